The predicted octanol–water partition coefficient (Wildman–Crippen LogP) is 5.26. The molecule has 0 atom stereocenters. The van der Waals surface area contributed by atoms with E-state index < -0.39 is 0 Å². The fourth-order valence-corrected chi connectivity index (χ4v) is 2.79. The lowest BCUT2D eigenvalue weighted by atomic mass is 9.96. The average molecular weight is 278 g/mol. The van der Waals surface area contributed by atoms with Crippen molar-refractivity contribution >= 4 is 6.21 Å². The minimum Gasteiger partial charge on any atom is -0.368 e. The lowest BCUT2D eigenvalue weighted by Gasteiger charge is -2.28. The van der Waals surface area contributed by atoms with Gasteiger partial charge in [-0.15, -0.1) is 0 Å². The van der Waals surface area contributed by atoms with E-state index >= 15 is 0 Å². The van der Waals surface area contributed by atoms with E-state index in [1.807, 2.05) is 6.21 Å². The molecule has 116 valence electrons. The van der Waals surface area contributed by atoms with Gasteiger partial charge in [-0.1, -0.05) is 53.4 Å². The fourth-order valence-electron chi connectivity index (χ4n) is 2.79. The van der Waals surface area contributed by atoms with E-state index in [4.69, 9.17) is 0 Å². The first-order valence-corrected chi connectivity index (χ1v) is 8.62. The molecule has 1 heterocycles. The third-order valence-corrected chi connectivity index (χ3v) is 4.46. The maximum Gasteiger partial charge on any atom is 0.0529 e. The molecule has 0 spiro atoms. The van der Waals surface area contributed by atoms with Gasteiger partial charge in [-0.25, -0.2) is 0 Å². The van der Waals surface area contributed by atoms with Gasteiger partial charge < -0.3 is 4.90 Å². The molecule has 0 aromatic heterocycles. The van der Waals surface area contributed by atoms with Crippen molar-refractivity contribution in [3.8, 4) is 0 Å². The molecule has 0 unspecified atom stereocenters. The highest BCUT2D eigenvalue weighted by Crippen LogP contribution is 2.21. The van der Waals surface area contributed by atoms with Crippen molar-refractivity contribution in [2.45, 2.75) is 72.6 Å². The second kappa shape index (κ2) is 10.0. The highest BCUT2D eigenvalue weighted by Gasteiger charge is 2.12. The molecule has 0 amide bonds. The second-order valence-corrected chi connectivity index (χ2v) is 6.51. The van der Waals surface area contributed by atoms with E-state index in [9.17, 15) is 0 Å². The number of hydrogen-bond donors (Lipinski definition) is 0. The molecule has 1 aliphatic rings. The van der Waals surface area contributed by atoms with Gasteiger partial charge in [0, 0.05) is 24.7 Å². The molecule has 2 heteroatoms. The molecule has 0 N–H and O–H groups in total. The first-order valence-electron chi connectivity index (χ1n) is 8.62. The Bertz CT molecular complexity index is 301. The van der Waals surface area contributed by atoms with Crippen LogP contribution in [0.5, 0.6) is 0 Å². The third kappa shape index (κ3) is 6.58. The van der Waals surface area contributed by atoms with Crippen molar-refractivity contribution in [3.05, 3.63) is 11.9 Å². The summed E-state index contributed by atoms with van der Waals surface area (Å²) in [5, 5.41) is 0. The zero-order valence-corrected chi connectivity index (χ0v) is 14.1. The number of allylic oxidation sites excluding steroid dienone is 1. The smallest absolute Gasteiger partial charge is 0.0529 e. The molecule has 0 radical (unpaired) electrons. The van der Waals surface area contributed by atoms with E-state index in [0.717, 1.165) is 18.4 Å². The van der Waals surface area contributed by atoms with Crippen molar-refractivity contribution in [3.63, 3.8) is 0 Å². The summed E-state index contributed by atoms with van der Waals surface area (Å²) in [5.74, 6) is 1.72. The molecule has 20 heavy (non-hydrogen) atoms. The Morgan fingerprint density at radius 3 is 2.55 bits per heavy atom. The van der Waals surface area contributed by atoms with Gasteiger partial charge in [0.15, 0.2) is 0 Å². The molecule has 1 aliphatic heterocycles. The molecular weight excluding hydrogens is 244 g/mol. The number of unbranched alkanes of at least 4 members (excludes halogenated alkanes) is 1. The number of nitrogens with zero attached hydrogens (tertiary/aromatic N) is 2. The molecule has 0 saturated carbocycles. The molecule has 1 rings (SSSR count). The Labute approximate surface area is 126 Å². The first-order chi connectivity index (χ1) is 9.67. The summed E-state index contributed by atoms with van der Waals surface area (Å²) < 4.78 is 0. The summed E-state index contributed by atoms with van der Waals surface area (Å²) in [6.45, 7) is 11.4. The van der Waals surface area contributed by atoms with E-state index in [1.165, 1.54) is 57.2 Å². The highest BCUT2D eigenvalue weighted by molar-refractivity contribution is 5.62. The van der Waals surface area contributed by atoms with Crippen LogP contribution in [0.25, 0.3) is 0 Å². The predicted molar refractivity (Wildman–Crippen MR) is 90.1 cm³/mol. The number of aliphatic imine (C=N–C) groups is 1. The van der Waals surface area contributed by atoms with Crippen LogP contribution in [0.4, 0.5) is 0 Å². The Balaban J connectivity index is 2.28. The molecular formula is C18H34N2. The third-order valence-electron chi connectivity index (χ3n) is 4.46. The molecule has 0 saturated heterocycles. The Morgan fingerprint density at radius 2 is 1.90 bits per heavy atom. The first kappa shape index (κ1) is 17.3. The van der Waals surface area contributed by atoms with E-state index in [-0.39, 0.29) is 0 Å². The molecule has 0 aromatic rings. The van der Waals surface area contributed by atoms with Crippen LogP contribution in [0.2, 0.25) is 0 Å². The molecule has 0 aliphatic carbocycles. The lowest BCUT2D eigenvalue weighted by Crippen LogP contribution is -2.29. The SMILES string of the molecule is CCC(CC)CCCCC1=CN=CCN1CCC(C)C. The minimum atomic E-state index is 0.782. The van der Waals surface area contributed by atoms with E-state index in [2.05, 4.69) is 43.8 Å². The monoisotopic (exact) mass is 278 g/mol. The number of hydrogen-bond acceptors (Lipinski definition) is 2. The minimum absolute atomic E-state index is 0.782. The molecule has 0 bridgehead atoms. The Morgan fingerprint density at radius 1 is 1.15 bits per heavy atom. The van der Waals surface area contributed by atoms with Gasteiger partial charge in [0.1, 0.15) is 0 Å². The van der Waals surface area contributed by atoms with Gasteiger partial charge >= 0.3 is 0 Å². The molecule has 0 aromatic carbocycles. The van der Waals surface area contributed by atoms with Gasteiger partial charge in [-0.05, 0) is 31.1 Å². The summed E-state index contributed by atoms with van der Waals surface area (Å²) >= 11 is 0. The lowest BCUT2D eigenvalue weighted by molar-refractivity contribution is 0.336. The summed E-state index contributed by atoms with van der Waals surface area (Å²) in [6, 6.07) is 0. The number of rotatable bonds is 10. The van der Waals surface area contributed by atoms with Crippen LogP contribution in [-0.2, 0) is 0 Å². The van der Waals surface area contributed by atoms with Gasteiger partial charge in [-0.2, -0.15) is 0 Å². The topological polar surface area (TPSA) is 15.6 Å². The van der Waals surface area contributed by atoms with Crippen LogP contribution in [0.3, 0.4) is 0 Å². The Hall–Kier alpha value is -0.790. The second-order valence-electron chi connectivity index (χ2n) is 6.51. The van der Waals surface area contributed by atoms with Gasteiger partial charge in [0.05, 0.1) is 6.54 Å². The standard InChI is InChI=1S/C18H34N2/c1-5-17(6-2)9-7-8-10-18-15-19-12-14-20(18)13-11-16(3)4/h12,15-17H,5-11,13-14H2,1-4H3. The summed E-state index contributed by atoms with van der Waals surface area (Å²) in [5.41, 5.74) is 1.46. The molecule has 0 fully saturated rings. The fraction of sp³-hybridized carbons (Fsp3) is 0.833. The van der Waals surface area contributed by atoms with Crippen molar-refractivity contribution in [2.75, 3.05) is 13.1 Å². The average Bonchev–Trinajstić information content (AvgIpc) is 2.46. The Kier molecular flexibility index (Phi) is 8.64. The van der Waals surface area contributed by atoms with Crippen molar-refractivity contribution in [2.24, 2.45) is 16.8 Å². The van der Waals surface area contributed by atoms with Gasteiger partial charge in [-0.3, -0.25) is 4.99 Å². The van der Waals surface area contributed by atoms with Crippen molar-refractivity contribution in [1.29, 1.82) is 0 Å². The quantitative estimate of drug-likeness (QED) is 0.498. The van der Waals surface area contributed by atoms with Crippen molar-refractivity contribution < 1.29 is 0 Å². The zero-order valence-electron chi connectivity index (χ0n) is 14.1. The maximum atomic E-state index is 4.35. The van der Waals surface area contributed by atoms with Crippen molar-refractivity contribution in [1.82, 2.24) is 4.90 Å². The van der Waals surface area contributed by atoms with Crippen LogP contribution < -0.4 is 0 Å². The highest BCUT2D eigenvalue weighted by atomic mass is 15.2. The van der Waals surface area contributed by atoms with E-state index in [0.29, 0.717) is 0 Å². The summed E-state index contributed by atoms with van der Waals surface area (Å²) in [7, 11) is 0. The van der Waals surface area contributed by atoms with Crippen LogP contribution >= 0.6 is 0 Å². The van der Waals surface area contributed by atoms with Crippen LogP contribution in [0, 0.1) is 11.8 Å². The molecule has 2 nitrogen and oxygen atoms in total. The van der Waals surface area contributed by atoms with Crippen LogP contribution in [0.1, 0.15) is 72.6 Å². The van der Waals surface area contributed by atoms with Crippen LogP contribution in [0.15, 0.2) is 16.9 Å². The largest absolute Gasteiger partial charge is 0.368 e. The summed E-state index contributed by atoms with van der Waals surface area (Å²) in [4.78, 5) is 6.87. The van der Waals surface area contributed by atoms with E-state index in [1.54, 1.807) is 0 Å². The van der Waals surface area contributed by atoms with Gasteiger partial charge in [0.25, 0.3) is 0 Å². The maximum absolute atomic E-state index is 4.35. The summed E-state index contributed by atoms with van der Waals surface area (Å²) in [6.07, 6.45) is 13.4. The normalized spacial score (nSPS) is 15.3. The zero-order chi connectivity index (χ0) is 14.8. The van der Waals surface area contributed by atoms with Crippen LogP contribution in [-0.4, -0.2) is 24.2 Å². The van der Waals surface area contributed by atoms with Gasteiger partial charge in [0.2, 0.25) is 0 Å².